The summed E-state index contributed by atoms with van der Waals surface area (Å²) in [6.07, 6.45) is 0.586. The molecular weight excluding hydrogens is 250 g/mol. The zero-order valence-electron chi connectivity index (χ0n) is 10.9. The second-order valence-electron chi connectivity index (χ2n) is 5.55. The number of hydrogen-bond donors (Lipinski definition) is 2. The van der Waals surface area contributed by atoms with Gasteiger partial charge in [-0.2, -0.15) is 11.3 Å². The lowest BCUT2D eigenvalue weighted by Gasteiger charge is -2.25. The first-order chi connectivity index (χ1) is 8.28. The minimum atomic E-state index is -0.894. The summed E-state index contributed by atoms with van der Waals surface area (Å²) in [6, 6.07) is 1.39. The van der Waals surface area contributed by atoms with Crippen molar-refractivity contribution in [3.8, 4) is 0 Å². The van der Waals surface area contributed by atoms with Crippen LogP contribution in [0.3, 0.4) is 0 Å². The molecule has 18 heavy (non-hydrogen) atoms. The van der Waals surface area contributed by atoms with E-state index in [1.165, 1.54) is 11.3 Å². The minimum Gasteiger partial charge on any atom is -0.481 e. The highest BCUT2D eigenvalue weighted by molar-refractivity contribution is 7.08. The summed E-state index contributed by atoms with van der Waals surface area (Å²) in [7, 11) is 0. The highest BCUT2D eigenvalue weighted by Gasteiger charge is 2.23. The van der Waals surface area contributed by atoms with Crippen molar-refractivity contribution in [3.05, 3.63) is 22.4 Å². The molecule has 2 N–H and O–H groups in total. The van der Waals surface area contributed by atoms with Crippen LogP contribution in [0.2, 0.25) is 0 Å². The fraction of sp³-hybridized carbons (Fsp3) is 0.538. The molecule has 0 aliphatic rings. The fourth-order valence-corrected chi connectivity index (χ4v) is 2.42. The largest absolute Gasteiger partial charge is 0.481 e. The first-order valence-electron chi connectivity index (χ1n) is 5.83. The molecule has 100 valence electrons. The van der Waals surface area contributed by atoms with Gasteiger partial charge in [-0.15, -0.1) is 0 Å². The van der Waals surface area contributed by atoms with Crippen LogP contribution in [0.15, 0.2) is 16.8 Å². The van der Waals surface area contributed by atoms with Gasteiger partial charge in [0, 0.05) is 17.0 Å². The Kier molecular flexibility index (Phi) is 4.90. The molecule has 1 aromatic heterocycles. The fourth-order valence-electron chi connectivity index (χ4n) is 1.79. The van der Waals surface area contributed by atoms with Crippen molar-refractivity contribution in [1.29, 1.82) is 0 Å². The molecule has 0 aliphatic heterocycles. The highest BCUT2D eigenvalue weighted by atomic mass is 32.1. The Hall–Kier alpha value is -1.36. The molecular formula is C13H19NO3S. The summed E-state index contributed by atoms with van der Waals surface area (Å²) < 4.78 is 0. The predicted octanol–water partition coefficient (Wildman–Crippen LogP) is 2.76. The molecule has 1 unspecified atom stereocenters. The zero-order valence-corrected chi connectivity index (χ0v) is 11.7. The summed E-state index contributed by atoms with van der Waals surface area (Å²) in [5.74, 6) is -1.10. The summed E-state index contributed by atoms with van der Waals surface area (Å²) >= 11 is 1.44. The number of nitrogens with one attached hydrogen (secondary N) is 1. The maximum absolute atomic E-state index is 11.9. The van der Waals surface area contributed by atoms with E-state index in [1.54, 1.807) is 11.4 Å². The lowest BCUT2D eigenvalue weighted by Crippen LogP contribution is -2.38. The third-order valence-electron chi connectivity index (χ3n) is 2.40. The lowest BCUT2D eigenvalue weighted by atomic mass is 9.87. The Bertz CT molecular complexity index is 406. The van der Waals surface area contributed by atoms with Gasteiger partial charge in [-0.1, -0.05) is 20.8 Å². The van der Waals surface area contributed by atoms with Gasteiger partial charge in [0.15, 0.2) is 0 Å². The van der Waals surface area contributed by atoms with Crippen molar-refractivity contribution in [3.63, 3.8) is 0 Å². The molecule has 1 aromatic rings. The van der Waals surface area contributed by atoms with Crippen LogP contribution in [-0.2, 0) is 4.79 Å². The van der Waals surface area contributed by atoms with Gasteiger partial charge in [0.05, 0.1) is 6.42 Å². The van der Waals surface area contributed by atoms with Crippen LogP contribution in [0.25, 0.3) is 0 Å². The molecule has 0 fully saturated rings. The number of thiophene rings is 1. The molecule has 0 spiro atoms. The van der Waals surface area contributed by atoms with Crippen LogP contribution in [0.4, 0.5) is 0 Å². The monoisotopic (exact) mass is 269 g/mol. The van der Waals surface area contributed by atoms with Gasteiger partial charge in [0.1, 0.15) is 0 Å². The molecule has 0 bridgehead atoms. The smallest absolute Gasteiger partial charge is 0.305 e. The topological polar surface area (TPSA) is 66.4 Å². The molecule has 1 atom stereocenters. The molecule has 1 amide bonds. The average Bonchev–Trinajstić information content (AvgIpc) is 2.65. The first-order valence-corrected chi connectivity index (χ1v) is 6.77. The third kappa shape index (κ3) is 5.31. The molecule has 1 heterocycles. The summed E-state index contributed by atoms with van der Waals surface area (Å²) in [4.78, 5) is 22.7. The lowest BCUT2D eigenvalue weighted by molar-refractivity contribution is -0.137. The Labute approximate surface area is 111 Å². The Morgan fingerprint density at radius 3 is 2.56 bits per heavy atom. The number of carboxylic acids is 1. The summed E-state index contributed by atoms with van der Waals surface area (Å²) in [6.45, 7) is 6.08. The van der Waals surface area contributed by atoms with Crippen LogP contribution in [-0.4, -0.2) is 23.0 Å². The maximum atomic E-state index is 11.9. The molecule has 1 rings (SSSR count). The van der Waals surface area contributed by atoms with Crippen molar-refractivity contribution in [2.24, 2.45) is 5.41 Å². The van der Waals surface area contributed by atoms with E-state index in [-0.39, 0.29) is 23.8 Å². The Balaban J connectivity index is 2.66. The second-order valence-corrected chi connectivity index (χ2v) is 6.33. The van der Waals surface area contributed by atoms with Crippen LogP contribution >= 0.6 is 11.3 Å². The minimum absolute atomic E-state index is 0.0258. The van der Waals surface area contributed by atoms with E-state index in [0.29, 0.717) is 12.0 Å². The molecule has 0 aromatic carbocycles. The van der Waals surface area contributed by atoms with E-state index < -0.39 is 5.97 Å². The average molecular weight is 269 g/mol. The molecule has 0 radical (unpaired) electrons. The maximum Gasteiger partial charge on any atom is 0.305 e. The number of amides is 1. The zero-order chi connectivity index (χ0) is 13.8. The van der Waals surface area contributed by atoms with Crippen LogP contribution < -0.4 is 5.32 Å². The third-order valence-corrected chi connectivity index (χ3v) is 3.08. The molecule has 0 saturated carbocycles. The quantitative estimate of drug-likeness (QED) is 0.863. The van der Waals surface area contributed by atoms with Gasteiger partial charge in [-0.3, -0.25) is 9.59 Å². The van der Waals surface area contributed by atoms with Crippen molar-refractivity contribution in [1.82, 2.24) is 5.32 Å². The normalized spacial score (nSPS) is 13.1. The van der Waals surface area contributed by atoms with Gasteiger partial charge in [0.2, 0.25) is 0 Å². The Morgan fingerprint density at radius 1 is 1.44 bits per heavy atom. The van der Waals surface area contributed by atoms with Crippen molar-refractivity contribution in [2.45, 2.75) is 39.7 Å². The first kappa shape index (κ1) is 14.7. The van der Waals surface area contributed by atoms with E-state index in [2.05, 4.69) is 5.32 Å². The second kappa shape index (κ2) is 6.00. The standard InChI is InChI=1S/C13H19NO3S/c1-13(2,3)7-10(6-11(15)16)14-12(17)9-4-5-18-8-9/h4-5,8,10H,6-7H2,1-3H3,(H,14,17)(H,15,16). The number of hydrogen-bond acceptors (Lipinski definition) is 3. The van der Waals surface area contributed by atoms with Crippen LogP contribution in [0.1, 0.15) is 44.0 Å². The number of carbonyl (C=O) groups excluding carboxylic acids is 1. The SMILES string of the molecule is CC(C)(C)CC(CC(=O)O)NC(=O)c1ccsc1. The van der Waals surface area contributed by atoms with Crippen LogP contribution in [0.5, 0.6) is 0 Å². The summed E-state index contributed by atoms with van der Waals surface area (Å²) in [5, 5.41) is 15.2. The van der Waals surface area contributed by atoms with Crippen molar-refractivity contribution < 1.29 is 14.7 Å². The van der Waals surface area contributed by atoms with Gasteiger partial charge in [-0.25, -0.2) is 0 Å². The van der Waals surface area contributed by atoms with E-state index in [9.17, 15) is 9.59 Å². The van der Waals surface area contributed by atoms with Crippen LogP contribution in [0, 0.1) is 5.41 Å². The van der Waals surface area contributed by atoms with Gasteiger partial charge >= 0.3 is 5.97 Å². The number of aliphatic carboxylic acids is 1. The predicted molar refractivity (Wildman–Crippen MR) is 71.9 cm³/mol. The number of rotatable bonds is 5. The van der Waals surface area contributed by atoms with E-state index >= 15 is 0 Å². The number of carboxylic acid groups (broad SMARTS) is 1. The Morgan fingerprint density at radius 2 is 2.11 bits per heavy atom. The molecule has 5 heteroatoms. The number of carbonyl (C=O) groups is 2. The molecule has 0 saturated heterocycles. The van der Waals surface area contributed by atoms with Gasteiger partial charge in [0.25, 0.3) is 5.91 Å². The van der Waals surface area contributed by atoms with E-state index in [0.717, 1.165) is 0 Å². The molecule has 4 nitrogen and oxygen atoms in total. The van der Waals surface area contributed by atoms with Crippen molar-refractivity contribution >= 4 is 23.2 Å². The highest BCUT2D eigenvalue weighted by Crippen LogP contribution is 2.22. The van der Waals surface area contributed by atoms with Gasteiger partial charge < -0.3 is 10.4 Å². The van der Waals surface area contributed by atoms with Crippen molar-refractivity contribution in [2.75, 3.05) is 0 Å². The molecule has 0 aliphatic carbocycles. The van der Waals surface area contributed by atoms with E-state index in [4.69, 9.17) is 5.11 Å². The van der Waals surface area contributed by atoms with E-state index in [1.807, 2.05) is 26.2 Å². The summed E-state index contributed by atoms with van der Waals surface area (Å²) in [5.41, 5.74) is 0.562. The van der Waals surface area contributed by atoms with Gasteiger partial charge in [-0.05, 0) is 23.3 Å².